The average Bonchev–Trinajstić information content (AvgIpc) is 2.55. The minimum atomic E-state index is -0.444. The van der Waals surface area contributed by atoms with E-state index in [2.05, 4.69) is 0 Å². The Kier molecular flexibility index (Phi) is 5.71. The van der Waals surface area contributed by atoms with Crippen LogP contribution >= 0.6 is 0 Å². The molecule has 1 aromatic carbocycles. The highest BCUT2D eigenvalue weighted by molar-refractivity contribution is 5.94. The van der Waals surface area contributed by atoms with Crippen LogP contribution in [0.2, 0.25) is 0 Å². The molecule has 2 atom stereocenters. The summed E-state index contributed by atoms with van der Waals surface area (Å²) >= 11 is 0. The maximum atomic E-state index is 12.5. The third-order valence-electron chi connectivity index (χ3n) is 4.63. The predicted octanol–water partition coefficient (Wildman–Crippen LogP) is 2.78. The fraction of sp³-hybridized carbons (Fsp3) is 0.588. The van der Waals surface area contributed by atoms with Crippen LogP contribution in [-0.4, -0.2) is 40.5 Å². The van der Waals surface area contributed by atoms with E-state index in [9.17, 15) is 20.0 Å². The highest BCUT2D eigenvalue weighted by atomic mass is 16.6. The van der Waals surface area contributed by atoms with Crippen LogP contribution in [0.5, 0.6) is 0 Å². The Morgan fingerprint density at radius 1 is 1.39 bits per heavy atom. The molecule has 23 heavy (non-hydrogen) atoms. The molecular weight excluding hydrogens is 296 g/mol. The monoisotopic (exact) mass is 320 g/mol. The van der Waals surface area contributed by atoms with E-state index in [1.807, 2.05) is 6.92 Å². The number of carbonyl (C=O) groups is 1. The maximum absolute atomic E-state index is 12.5. The van der Waals surface area contributed by atoms with E-state index >= 15 is 0 Å². The summed E-state index contributed by atoms with van der Waals surface area (Å²) < 4.78 is 0. The topological polar surface area (TPSA) is 83.7 Å². The summed E-state index contributed by atoms with van der Waals surface area (Å²) in [7, 11) is 1.68. The molecule has 0 aliphatic heterocycles. The van der Waals surface area contributed by atoms with Gasteiger partial charge in [0.05, 0.1) is 11.0 Å². The largest absolute Gasteiger partial charge is 0.393 e. The fourth-order valence-electron chi connectivity index (χ4n) is 3.22. The van der Waals surface area contributed by atoms with Gasteiger partial charge in [0.1, 0.15) is 0 Å². The van der Waals surface area contributed by atoms with Crippen molar-refractivity contribution < 1.29 is 14.8 Å². The number of nitrogens with zero attached hydrogens (tertiary/aromatic N) is 2. The van der Waals surface area contributed by atoms with Gasteiger partial charge in [-0.05, 0) is 25.3 Å². The van der Waals surface area contributed by atoms with Crippen LogP contribution in [-0.2, 0) is 6.42 Å². The lowest BCUT2D eigenvalue weighted by atomic mass is 9.86. The number of hydrogen-bond acceptors (Lipinski definition) is 4. The molecular formula is C17H24N2O4. The molecule has 6 heteroatoms. The first-order chi connectivity index (χ1) is 10.9. The summed E-state index contributed by atoms with van der Waals surface area (Å²) in [6, 6.07) is 4.64. The predicted molar refractivity (Wildman–Crippen MR) is 87.4 cm³/mol. The van der Waals surface area contributed by atoms with Crippen LogP contribution in [0.1, 0.15) is 48.5 Å². The Hall–Kier alpha value is -1.95. The summed E-state index contributed by atoms with van der Waals surface area (Å²) in [6.07, 6.45) is 3.97. The molecule has 0 saturated heterocycles. The van der Waals surface area contributed by atoms with Crippen molar-refractivity contribution in [3.8, 4) is 0 Å². The van der Waals surface area contributed by atoms with Gasteiger partial charge in [0.2, 0.25) is 0 Å². The Labute approximate surface area is 136 Å². The van der Waals surface area contributed by atoms with E-state index in [1.54, 1.807) is 24.1 Å². The lowest BCUT2D eigenvalue weighted by Crippen LogP contribution is -2.38. The first-order valence-electron chi connectivity index (χ1n) is 8.14. The van der Waals surface area contributed by atoms with Crippen molar-refractivity contribution in [2.75, 3.05) is 13.6 Å². The zero-order valence-corrected chi connectivity index (χ0v) is 13.7. The molecule has 1 aliphatic carbocycles. The van der Waals surface area contributed by atoms with E-state index in [4.69, 9.17) is 0 Å². The molecule has 0 bridgehead atoms. The minimum Gasteiger partial charge on any atom is -0.393 e. The van der Waals surface area contributed by atoms with Crippen molar-refractivity contribution in [1.29, 1.82) is 0 Å². The molecule has 0 spiro atoms. The molecule has 1 amide bonds. The third kappa shape index (κ3) is 4.07. The van der Waals surface area contributed by atoms with Crippen LogP contribution in [0.3, 0.4) is 0 Å². The summed E-state index contributed by atoms with van der Waals surface area (Å²) in [5.74, 6) is -0.156. The van der Waals surface area contributed by atoms with Crippen molar-refractivity contribution in [2.45, 2.75) is 45.1 Å². The molecule has 1 saturated carbocycles. The van der Waals surface area contributed by atoms with Crippen molar-refractivity contribution in [3.63, 3.8) is 0 Å². The van der Waals surface area contributed by atoms with Crippen molar-refractivity contribution >= 4 is 11.6 Å². The SMILES string of the molecule is CCc1ccc(C(=O)N(C)CC2CCCCC2O)cc1[N+](=O)[O-]. The minimum absolute atomic E-state index is 0.00977. The average molecular weight is 320 g/mol. The molecule has 1 fully saturated rings. The highest BCUT2D eigenvalue weighted by Crippen LogP contribution is 2.26. The molecule has 1 N–H and O–H groups in total. The van der Waals surface area contributed by atoms with Gasteiger partial charge in [-0.1, -0.05) is 25.8 Å². The first kappa shape index (κ1) is 17.4. The molecule has 0 aromatic heterocycles. The van der Waals surface area contributed by atoms with Crippen LogP contribution in [0.15, 0.2) is 18.2 Å². The number of rotatable bonds is 5. The van der Waals surface area contributed by atoms with E-state index in [1.165, 1.54) is 6.07 Å². The maximum Gasteiger partial charge on any atom is 0.273 e. The number of hydrogen-bond donors (Lipinski definition) is 1. The van der Waals surface area contributed by atoms with Crippen LogP contribution in [0.4, 0.5) is 5.69 Å². The lowest BCUT2D eigenvalue weighted by Gasteiger charge is -2.31. The van der Waals surface area contributed by atoms with Gasteiger partial charge in [0, 0.05) is 36.7 Å². The van der Waals surface area contributed by atoms with Crippen LogP contribution < -0.4 is 0 Å². The Balaban J connectivity index is 2.12. The van der Waals surface area contributed by atoms with Crippen molar-refractivity contribution in [1.82, 2.24) is 4.90 Å². The molecule has 0 radical (unpaired) electrons. The van der Waals surface area contributed by atoms with Crippen molar-refractivity contribution in [2.24, 2.45) is 5.92 Å². The van der Waals surface area contributed by atoms with Gasteiger partial charge in [-0.25, -0.2) is 0 Å². The Morgan fingerprint density at radius 3 is 2.70 bits per heavy atom. The standard InChI is InChI=1S/C17H24N2O4/c1-3-12-8-9-13(10-15(12)19(22)23)17(21)18(2)11-14-6-4-5-7-16(14)20/h8-10,14,16,20H,3-7,11H2,1-2H3. The highest BCUT2D eigenvalue weighted by Gasteiger charge is 2.26. The number of aliphatic hydroxyl groups excluding tert-OH is 1. The van der Waals surface area contributed by atoms with Crippen LogP contribution in [0, 0.1) is 16.0 Å². The lowest BCUT2D eigenvalue weighted by molar-refractivity contribution is -0.385. The first-order valence-corrected chi connectivity index (χ1v) is 8.14. The van der Waals surface area contributed by atoms with Gasteiger partial charge in [-0.15, -0.1) is 0 Å². The second-order valence-electron chi connectivity index (χ2n) is 6.25. The molecule has 126 valence electrons. The number of amides is 1. The number of aryl methyl sites for hydroxylation is 1. The van der Waals surface area contributed by atoms with Crippen molar-refractivity contribution in [3.05, 3.63) is 39.4 Å². The number of nitro groups is 1. The summed E-state index contributed by atoms with van der Waals surface area (Å²) in [5.41, 5.74) is 0.933. The molecule has 2 unspecified atom stereocenters. The smallest absolute Gasteiger partial charge is 0.273 e. The normalized spacial score (nSPS) is 21.0. The molecule has 0 heterocycles. The Morgan fingerprint density at radius 2 is 2.09 bits per heavy atom. The number of aliphatic hydroxyl groups is 1. The van der Waals surface area contributed by atoms with Gasteiger partial charge in [-0.3, -0.25) is 14.9 Å². The number of nitro benzene ring substituents is 1. The fourth-order valence-corrected chi connectivity index (χ4v) is 3.22. The quantitative estimate of drug-likeness (QED) is 0.668. The molecule has 1 aromatic rings. The van der Waals surface area contributed by atoms with Crippen LogP contribution in [0.25, 0.3) is 0 Å². The third-order valence-corrected chi connectivity index (χ3v) is 4.63. The van der Waals surface area contributed by atoms with E-state index < -0.39 is 4.92 Å². The molecule has 2 rings (SSSR count). The second-order valence-corrected chi connectivity index (χ2v) is 6.25. The van der Waals surface area contributed by atoms with Gasteiger partial charge in [0.15, 0.2) is 0 Å². The van der Waals surface area contributed by atoms with Gasteiger partial charge in [0.25, 0.3) is 11.6 Å². The van der Waals surface area contributed by atoms with E-state index in [0.717, 1.165) is 25.7 Å². The molecule has 6 nitrogen and oxygen atoms in total. The van der Waals surface area contributed by atoms with E-state index in [0.29, 0.717) is 24.1 Å². The van der Waals surface area contributed by atoms with Gasteiger partial charge < -0.3 is 10.0 Å². The van der Waals surface area contributed by atoms with Gasteiger partial charge >= 0.3 is 0 Å². The zero-order valence-electron chi connectivity index (χ0n) is 13.7. The zero-order chi connectivity index (χ0) is 17.0. The molecule has 1 aliphatic rings. The summed E-state index contributed by atoms with van der Waals surface area (Å²) in [6.45, 7) is 2.32. The summed E-state index contributed by atoms with van der Waals surface area (Å²) in [5, 5.41) is 21.2. The van der Waals surface area contributed by atoms with Gasteiger partial charge in [-0.2, -0.15) is 0 Å². The number of benzene rings is 1. The number of carbonyl (C=O) groups excluding carboxylic acids is 1. The summed E-state index contributed by atoms with van der Waals surface area (Å²) in [4.78, 5) is 24.8. The van der Waals surface area contributed by atoms with E-state index in [-0.39, 0.29) is 23.6 Å². The second kappa shape index (κ2) is 7.55. The Bertz CT molecular complexity index is 588.